The van der Waals surface area contributed by atoms with E-state index in [-0.39, 0.29) is 11.4 Å². The normalized spacial score (nSPS) is 19.7. The second-order valence-electron chi connectivity index (χ2n) is 4.04. The van der Waals surface area contributed by atoms with Crippen LogP contribution in [0.1, 0.15) is 19.8 Å². The highest BCUT2D eigenvalue weighted by atomic mass is 35.5. The number of aliphatic hydroxyl groups excluding tert-OH is 1. The molecule has 0 aliphatic carbocycles. The summed E-state index contributed by atoms with van der Waals surface area (Å²) in [6, 6.07) is 0. The van der Waals surface area contributed by atoms with Gasteiger partial charge in [-0.05, 0) is 24.4 Å². The van der Waals surface area contributed by atoms with Crippen LogP contribution in [0.15, 0.2) is 0 Å². The van der Waals surface area contributed by atoms with E-state index in [0.29, 0.717) is 18.4 Å². The molecule has 0 saturated carbocycles. The maximum absolute atomic E-state index is 9.48. The summed E-state index contributed by atoms with van der Waals surface area (Å²) in [6.45, 7) is 4.15. The van der Waals surface area contributed by atoms with Gasteiger partial charge < -0.3 is 15.3 Å². The van der Waals surface area contributed by atoms with E-state index < -0.39 is 0 Å². The first-order chi connectivity index (χ1) is 8.19. The van der Waals surface area contributed by atoms with Crippen LogP contribution in [0.2, 0.25) is 5.28 Å². The first-order valence-corrected chi connectivity index (χ1v) is 6.15. The Kier molecular flexibility index (Phi) is 3.96. The molecule has 1 aromatic rings. The lowest BCUT2D eigenvalue weighted by molar-refractivity contribution is 0.198. The fourth-order valence-corrected chi connectivity index (χ4v) is 1.88. The van der Waals surface area contributed by atoms with Gasteiger partial charge in [0.2, 0.25) is 17.2 Å². The van der Waals surface area contributed by atoms with E-state index in [2.05, 4.69) is 27.2 Å². The predicted octanol–water partition coefficient (Wildman–Crippen LogP) is 0.918. The molecule has 1 aliphatic rings. The van der Waals surface area contributed by atoms with Gasteiger partial charge >= 0.3 is 0 Å². The average molecular weight is 258 g/mol. The summed E-state index contributed by atoms with van der Waals surface area (Å²) >= 11 is 5.85. The minimum atomic E-state index is -0.308. The standard InChI is InChI=1S/C10H16ClN5O/c1-2-4-12-9-13-8(11)14-10(15-9)16-5-3-7(17)6-16/h7,17H,2-6H2,1H3,(H,12,13,14,15). The number of hydrogen-bond acceptors (Lipinski definition) is 6. The number of anilines is 2. The highest BCUT2D eigenvalue weighted by Crippen LogP contribution is 2.18. The first-order valence-electron chi connectivity index (χ1n) is 5.77. The van der Waals surface area contributed by atoms with Gasteiger partial charge in [0, 0.05) is 19.6 Å². The van der Waals surface area contributed by atoms with Crippen molar-refractivity contribution in [3.63, 3.8) is 0 Å². The van der Waals surface area contributed by atoms with Crippen molar-refractivity contribution in [1.29, 1.82) is 0 Å². The lowest BCUT2D eigenvalue weighted by atomic mass is 10.3. The monoisotopic (exact) mass is 257 g/mol. The molecule has 2 heterocycles. The van der Waals surface area contributed by atoms with Crippen LogP contribution in [0, 0.1) is 0 Å². The summed E-state index contributed by atoms with van der Waals surface area (Å²) in [7, 11) is 0. The van der Waals surface area contributed by atoms with E-state index >= 15 is 0 Å². The largest absolute Gasteiger partial charge is 0.391 e. The quantitative estimate of drug-likeness (QED) is 0.836. The minimum absolute atomic E-state index is 0.176. The Bertz CT molecular complexity index is 389. The van der Waals surface area contributed by atoms with E-state index in [9.17, 15) is 5.11 Å². The van der Waals surface area contributed by atoms with Gasteiger partial charge in [0.25, 0.3) is 0 Å². The molecule has 1 fully saturated rings. The van der Waals surface area contributed by atoms with Crippen LogP contribution < -0.4 is 10.2 Å². The summed E-state index contributed by atoms with van der Waals surface area (Å²) in [6.07, 6.45) is 1.42. The Morgan fingerprint density at radius 3 is 2.94 bits per heavy atom. The summed E-state index contributed by atoms with van der Waals surface area (Å²) in [5.74, 6) is 1.02. The van der Waals surface area contributed by atoms with E-state index in [1.165, 1.54) is 0 Å². The van der Waals surface area contributed by atoms with Crippen molar-refractivity contribution < 1.29 is 5.11 Å². The lowest BCUT2D eigenvalue weighted by Crippen LogP contribution is -2.24. The Labute approximate surface area is 105 Å². The SMILES string of the molecule is CCCNc1nc(Cl)nc(N2CCC(O)C2)n1. The lowest BCUT2D eigenvalue weighted by Gasteiger charge is -2.15. The van der Waals surface area contributed by atoms with Crippen molar-refractivity contribution in [2.24, 2.45) is 0 Å². The fraction of sp³-hybridized carbons (Fsp3) is 0.700. The van der Waals surface area contributed by atoms with Crippen LogP contribution in [0.3, 0.4) is 0 Å². The third kappa shape index (κ3) is 3.17. The van der Waals surface area contributed by atoms with E-state index in [1.807, 2.05) is 4.90 Å². The topological polar surface area (TPSA) is 74.2 Å². The van der Waals surface area contributed by atoms with Gasteiger partial charge in [-0.3, -0.25) is 0 Å². The second kappa shape index (κ2) is 5.46. The third-order valence-corrected chi connectivity index (χ3v) is 2.74. The highest BCUT2D eigenvalue weighted by molar-refractivity contribution is 6.28. The molecule has 0 amide bonds. The number of nitrogens with zero attached hydrogens (tertiary/aromatic N) is 4. The molecule has 2 N–H and O–H groups in total. The third-order valence-electron chi connectivity index (χ3n) is 2.58. The molecule has 1 aliphatic heterocycles. The van der Waals surface area contributed by atoms with Gasteiger partial charge in [0.05, 0.1) is 6.10 Å². The van der Waals surface area contributed by atoms with E-state index in [4.69, 9.17) is 11.6 Å². The number of hydrogen-bond donors (Lipinski definition) is 2. The van der Waals surface area contributed by atoms with Crippen molar-refractivity contribution in [1.82, 2.24) is 15.0 Å². The van der Waals surface area contributed by atoms with Gasteiger partial charge in [-0.15, -0.1) is 0 Å². The van der Waals surface area contributed by atoms with Crippen molar-refractivity contribution in [3.05, 3.63) is 5.28 Å². The first kappa shape index (κ1) is 12.3. The number of β-amino-alcohol motifs (C(OH)–C–C–N with tert-alkyl or cyclic N) is 1. The smallest absolute Gasteiger partial charge is 0.231 e. The van der Waals surface area contributed by atoms with E-state index in [1.54, 1.807) is 0 Å². The van der Waals surface area contributed by atoms with Gasteiger partial charge in [-0.1, -0.05) is 6.92 Å². The van der Waals surface area contributed by atoms with Gasteiger partial charge in [-0.2, -0.15) is 15.0 Å². The molecule has 94 valence electrons. The fourth-order valence-electron chi connectivity index (χ4n) is 1.72. The van der Waals surface area contributed by atoms with Crippen LogP contribution >= 0.6 is 11.6 Å². The molecule has 1 saturated heterocycles. The molecule has 0 aromatic carbocycles. The molecule has 0 bridgehead atoms. The Morgan fingerprint density at radius 1 is 1.47 bits per heavy atom. The highest BCUT2D eigenvalue weighted by Gasteiger charge is 2.23. The van der Waals surface area contributed by atoms with Gasteiger partial charge in [0.15, 0.2) is 0 Å². The van der Waals surface area contributed by atoms with Crippen molar-refractivity contribution in [2.75, 3.05) is 29.9 Å². The summed E-state index contributed by atoms with van der Waals surface area (Å²) < 4.78 is 0. The Hall–Kier alpha value is -1.14. The van der Waals surface area contributed by atoms with Gasteiger partial charge in [-0.25, -0.2) is 0 Å². The molecule has 7 heteroatoms. The van der Waals surface area contributed by atoms with E-state index in [0.717, 1.165) is 25.9 Å². The molecule has 0 spiro atoms. The summed E-state index contributed by atoms with van der Waals surface area (Å²) in [5.41, 5.74) is 0. The molecule has 1 aromatic heterocycles. The number of rotatable bonds is 4. The number of nitrogens with one attached hydrogen (secondary N) is 1. The zero-order chi connectivity index (χ0) is 12.3. The predicted molar refractivity (Wildman–Crippen MR) is 66.5 cm³/mol. The molecular formula is C10H16ClN5O. The van der Waals surface area contributed by atoms with Crippen LogP contribution in [0.5, 0.6) is 0 Å². The van der Waals surface area contributed by atoms with Gasteiger partial charge in [0.1, 0.15) is 0 Å². The van der Waals surface area contributed by atoms with Crippen LogP contribution in [0.4, 0.5) is 11.9 Å². The maximum Gasteiger partial charge on any atom is 0.231 e. The second-order valence-corrected chi connectivity index (χ2v) is 4.38. The van der Waals surface area contributed by atoms with Crippen molar-refractivity contribution >= 4 is 23.5 Å². The zero-order valence-electron chi connectivity index (χ0n) is 9.73. The van der Waals surface area contributed by atoms with Crippen molar-refractivity contribution in [3.8, 4) is 0 Å². The molecular weight excluding hydrogens is 242 g/mol. The van der Waals surface area contributed by atoms with Crippen molar-refractivity contribution in [2.45, 2.75) is 25.9 Å². The number of aliphatic hydroxyl groups is 1. The van der Waals surface area contributed by atoms with Crippen LogP contribution in [0.25, 0.3) is 0 Å². The summed E-state index contributed by atoms with van der Waals surface area (Å²) in [5, 5.41) is 12.7. The molecule has 6 nitrogen and oxygen atoms in total. The maximum atomic E-state index is 9.48. The van der Waals surface area contributed by atoms with Crippen LogP contribution in [-0.4, -0.2) is 45.8 Å². The molecule has 1 atom stereocenters. The molecule has 17 heavy (non-hydrogen) atoms. The zero-order valence-corrected chi connectivity index (χ0v) is 10.5. The molecule has 0 radical (unpaired) electrons. The Morgan fingerprint density at radius 2 is 2.29 bits per heavy atom. The van der Waals surface area contributed by atoms with Crippen LogP contribution in [-0.2, 0) is 0 Å². The number of halogens is 1. The number of aromatic nitrogens is 3. The molecule has 2 rings (SSSR count). The molecule has 1 unspecified atom stereocenters. The average Bonchev–Trinajstić information content (AvgIpc) is 2.72. The Balaban J connectivity index is 2.13. The minimum Gasteiger partial charge on any atom is -0.391 e. The summed E-state index contributed by atoms with van der Waals surface area (Å²) in [4.78, 5) is 14.3.